The van der Waals surface area contributed by atoms with Gasteiger partial charge in [0.1, 0.15) is 28.6 Å². The Morgan fingerprint density at radius 2 is 1.52 bits per heavy atom. The average molecular weight is 468 g/mol. The van der Waals surface area contributed by atoms with Gasteiger partial charge in [-0.25, -0.2) is 4.39 Å². The molecule has 168 valence electrons. The third kappa shape index (κ3) is 3.91. The summed E-state index contributed by atoms with van der Waals surface area (Å²) in [5.41, 5.74) is 0.774. The maximum absolute atomic E-state index is 13.7. The molecule has 33 heavy (non-hydrogen) atoms. The number of rotatable bonds is 5. The van der Waals surface area contributed by atoms with E-state index in [-0.39, 0.29) is 22.6 Å². The van der Waals surface area contributed by atoms with Crippen molar-refractivity contribution < 1.29 is 28.6 Å². The standard InChI is InChI=1S/C25H19ClFNO5/c1-32-18-4-3-5-19(33-2)20(18)23(29)21-22(14-6-10-16(27)11-7-14)28(25(31)24(21)30)17-12-8-15(26)9-13-17/h3-13,22,29H,1-2H3/b23-21+. The first-order valence-electron chi connectivity index (χ1n) is 9.90. The number of ether oxygens (including phenoxy) is 2. The number of halogens is 2. The van der Waals surface area contributed by atoms with Crippen LogP contribution in [0.1, 0.15) is 17.2 Å². The van der Waals surface area contributed by atoms with Gasteiger partial charge in [-0.15, -0.1) is 0 Å². The minimum absolute atomic E-state index is 0.128. The van der Waals surface area contributed by atoms with Gasteiger partial charge in [-0.3, -0.25) is 14.5 Å². The maximum Gasteiger partial charge on any atom is 0.300 e. The number of hydrogen-bond donors (Lipinski definition) is 1. The SMILES string of the molecule is COc1cccc(OC)c1/C(O)=C1\C(=O)C(=O)N(c2ccc(Cl)cc2)C1c1ccc(F)cc1. The van der Waals surface area contributed by atoms with Crippen LogP contribution in [0.3, 0.4) is 0 Å². The van der Waals surface area contributed by atoms with E-state index in [1.165, 1.54) is 43.4 Å². The lowest BCUT2D eigenvalue weighted by molar-refractivity contribution is -0.132. The third-order valence-corrected chi connectivity index (χ3v) is 5.65. The van der Waals surface area contributed by atoms with Gasteiger partial charge in [-0.1, -0.05) is 29.8 Å². The fourth-order valence-electron chi connectivity index (χ4n) is 3.88. The molecular weight excluding hydrogens is 449 g/mol. The van der Waals surface area contributed by atoms with Crippen molar-refractivity contribution >= 4 is 34.7 Å². The first-order valence-corrected chi connectivity index (χ1v) is 10.3. The molecule has 0 spiro atoms. The second-order valence-corrected chi connectivity index (χ2v) is 7.67. The molecule has 1 heterocycles. The molecule has 1 saturated heterocycles. The van der Waals surface area contributed by atoms with Crippen molar-refractivity contribution in [3.63, 3.8) is 0 Å². The monoisotopic (exact) mass is 467 g/mol. The number of aliphatic hydroxyl groups is 1. The predicted molar refractivity (Wildman–Crippen MR) is 122 cm³/mol. The smallest absolute Gasteiger partial charge is 0.300 e. The molecule has 0 radical (unpaired) electrons. The van der Waals surface area contributed by atoms with Crippen LogP contribution in [0.15, 0.2) is 72.3 Å². The number of nitrogens with zero attached hydrogens (tertiary/aromatic N) is 1. The molecule has 0 aromatic heterocycles. The lowest BCUT2D eigenvalue weighted by atomic mass is 9.94. The first kappa shape index (κ1) is 22.4. The van der Waals surface area contributed by atoms with E-state index in [4.69, 9.17) is 21.1 Å². The molecule has 6 nitrogen and oxygen atoms in total. The topological polar surface area (TPSA) is 76.1 Å². The molecule has 3 aromatic carbocycles. The van der Waals surface area contributed by atoms with E-state index in [9.17, 15) is 19.1 Å². The molecular formula is C25H19ClFNO5. The van der Waals surface area contributed by atoms with Crippen molar-refractivity contribution in [2.45, 2.75) is 6.04 Å². The molecule has 1 amide bonds. The fourth-order valence-corrected chi connectivity index (χ4v) is 4.01. The predicted octanol–water partition coefficient (Wildman–Crippen LogP) is 5.12. The largest absolute Gasteiger partial charge is 0.506 e. The number of anilines is 1. The second kappa shape index (κ2) is 8.96. The molecule has 3 aromatic rings. The number of aliphatic hydroxyl groups excluding tert-OH is 1. The van der Waals surface area contributed by atoms with Crippen molar-refractivity contribution in [3.05, 3.63) is 94.3 Å². The summed E-state index contributed by atoms with van der Waals surface area (Å²) >= 11 is 5.99. The van der Waals surface area contributed by atoms with Gasteiger partial charge in [0.25, 0.3) is 11.7 Å². The van der Waals surface area contributed by atoms with Crippen molar-refractivity contribution in [2.75, 3.05) is 19.1 Å². The molecule has 1 N–H and O–H groups in total. The van der Waals surface area contributed by atoms with Gasteiger partial charge < -0.3 is 14.6 Å². The summed E-state index contributed by atoms with van der Waals surface area (Å²) in [6, 6.07) is 15.5. The summed E-state index contributed by atoms with van der Waals surface area (Å²) in [6.45, 7) is 0. The highest BCUT2D eigenvalue weighted by Gasteiger charge is 2.47. The number of Topliss-reactive ketones (excluding diaryl/α,β-unsaturated/α-hetero) is 1. The number of ketones is 1. The summed E-state index contributed by atoms with van der Waals surface area (Å²) in [4.78, 5) is 27.6. The van der Waals surface area contributed by atoms with Gasteiger partial charge in [0.2, 0.25) is 0 Å². The number of amides is 1. The minimum atomic E-state index is -1.03. The van der Waals surface area contributed by atoms with E-state index >= 15 is 0 Å². The number of hydrogen-bond acceptors (Lipinski definition) is 5. The Morgan fingerprint density at radius 1 is 0.939 bits per heavy atom. The van der Waals surface area contributed by atoms with Gasteiger partial charge in [0, 0.05) is 10.7 Å². The number of carbonyl (C=O) groups excluding carboxylic acids is 2. The van der Waals surface area contributed by atoms with Gasteiger partial charge in [0.05, 0.1) is 25.8 Å². The van der Waals surface area contributed by atoms with Crippen molar-refractivity contribution in [1.82, 2.24) is 0 Å². The van der Waals surface area contributed by atoms with Crippen LogP contribution in [-0.2, 0) is 9.59 Å². The van der Waals surface area contributed by atoms with Gasteiger partial charge in [0.15, 0.2) is 0 Å². The van der Waals surface area contributed by atoms with E-state index in [0.717, 1.165) is 0 Å². The average Bonchev–Trinajstić information content (AvgIpc) is 3.09. The molecule has 1 aliphatic rings. The Morgan fingerprint density at radius 3 is 2.06 bits per heavy atom. The number of methoxy groups -OCH3 is 2. The zero-order valence-corrected chi connectivity index (χ0v) is 18.5. The van der Waals surface area contributed by atoms with Crippen molar-refractivity contribution in [3.8, 4) is 11.5 Å². The van der Waals surface area contributed by atoms with Gasteiger partial charge in [-0.05, 0) is 54.1 Å². The Bertz CT molecular complexity index is 1230. The summed E-state index contributed by atoms with van der Waals surface area (Å²) in [6.07, 6.45) is 0. The first-order chi connectivity index (χ1) is 15.9. The molecule has 1 fully saturated rings. The number of carbonyl (C=O) groups is 2. The van der Waals surface area contributed by atoms with Crippen LogP contribution in [0.5, 0.6) is 11.5 Å². The van der Waals surface area contributed by atoms with E-state index in [1.54, 1.807) is 42.5 Å². The highest BCUT2D eigenvalue weighted by atomic mass is 35.5. The molecule has 0 bridgehead atoms. The van der Waals surface area contributed by atoms with Gasteiger partial charge in [-0.2, -0.15) is 0 Å². The minimum Gasteiger partial charge on any atom is -0.506 e. The van der Waals surface area contributed by atoms with Crippen LogP contribution in [-0.4, -0.2) is 31.0 Å². The second-order valence-electron chi connectivity index (χ2n) is 7.23. The summed E-state index contributed by atoms with van der Waals surface area (Å²) in [5.74, 6) is -2.18. The summed E-state index contributed by atoms with van der Waals surface area (Å²) in [7, 11) is 2.82. The molecule has 1 unspecified atom stereocenters. The van der Waals surface area contributed by atoms with Crippen molar-refractivity contribution in [2.24, 2.45) is 0 Å². The Balaban J connectivity index is 2.00. The highest BCUT2D eigenvalue weighted by molar-refractivity contribution is 6.51. The van der Waals surface area contributed by atoms with Crippen LogP contribution in [0.4, 0.5) is 10.1 Å². The summed E-state index contributed by atoms with van der Waals surface area (Å²) < 4.78 is 24.4. The Labute approximate surface area is 194 Å². The highest BCUT2D eigenvalue weighted by Crippen LogP contribution is 2.45. The molecule has 0 aliphatic carbocycles. The van der Waals surface area contributed by atoms with E-state index in [2.05, 4.69) is 0 Å². The van der Waals surface area contributed by atoms with Crippen LogP contribution < -0.4 is 14.4 Å². The molecule has 0 saturated carbocycles. The zero-order valence-electron chi connectivity index (χ0n) is 17.7. The lowest BCUT2D eigenvalue weighted by Gasteiger charge is -2.25. The van der Waals surface area contributed by atoms with Crippen LogP contribution in [0.2, 0.25) is 5.02 Å². The summed E-state index contributed by atoms with van der Waals surface area (Å²) in [5, 5.41) is 11.8. The van der Waals surface area contributed by atoms with E-state index in [0.29, 0.717) is 16.3 Å². The Hall–Kier alpha value is -3.84. The van der Waals surface area contributed by atoms with E-state index < -0.39 is 29.3 Å². The van der Waals surface area contributed by atoms with Crippen LogP contribution in [0, 0.1) is 5.82 Å². The van der Waals surface area contributed by atoms with Crippen molar-refractivity contribution in [1.29, 1.82) is 0 Å². The van der Waals surface area contributed by atoms with Crippen LogP contribution >= 0.6 is 11.6 Å². The molecule has 1 atom stereocenters. The quantitative estimate of drug-likeness (QED) is 0.320. The van der Waals surface area contributed by atoms with Crippen LogP contribution in [0.25, 0.3) is 5.76 Å². The Kier molecular flexibility index (Phi) is 6.07. The molecule has 4 rings (SSSR count). The van der Waals surface area contributed by atoms with E-state index in [1.807, 2.05) is 0 Å². The lowest BCUT2D eigenvalue weighted by Crippen LogP contribution is -2.29. The third-order valence-electron chi connectivity index (χ3n) is 5.40. The molecule has 8 heteroatoms. The fraction of sp³-hybridized carbons (Fsp3) is 0.120. The zero-order chi connectivity index (χ0) is 23.7. The maximum atomic E-state index is 13.7. The number of benzene rings is 3. The van der Waals surface area contributed by atoms with Gasteiger partial charge >= 0.3 is 0 Å². The molecule has 1 aliphatic heterocycles. The normalized spacial score (nSPS) is 17.3.